The quantitative estimate of drug-likeness (QED) is 0.478. The van der Waals surface area contributed by atoms with Crippen molar-refractivity contribution in [3.63, 3.8) is 0 Å². The molecule has 0 saturated carbocycles. The molecule has 3 aromatic rings. The molecule has 0 amide bonds. The SMILES string of the molecule is [C-]#[N+]c1c(SC)noc1-c1ccc(OCc2ccccc2)cc1. The Bertz CT molecular complexity index is 820. The number of benzene rings is 2. The van der Waals surface area contributed by atoms with Crippen molar-refractivity contribution >= 4 is 17.4 Å². The van der Waals surface area contributed by atoms with Crippen molar-refractivity contribution in [3.05, 3.63) is 71.6 Å². The van der Waals surface area contributed by atoms with Gasteiger partial charge in [0.25, 0.3) is 5.69 Å². The van der Waals surface area contributed by atoms with Gasteiger partial charge >= 0.3 is 0 Å². The van der Waals surface area contributed by atoms with Crippen LogP contribution in [-0.4, -0.2) is 11.4 Å². The van der Waals surface area contributed by atoms with E-state index in [1.165, 1.54) is 11.8 Å². The fourth-order valence-electron chi connectivity index (χ4n) is 2.14. The first-order valence-corrected chi connectivity index (χ1v) is 8.22. The second-order valence-corrected chi connectivity index (χ2v) is 5.57. The highest BCUT2D eigenvalue weighted by molar-refractivity contribution is 7.98. The lowest BCUT2D eigenvalue weighted by Crippen LogP contribution is -1.94. The van der Waals surface area contributed by atoms with E-state index >= 15 is 0 Å². The Morgan fingerprint density at radius 3 is 2.52 bits per heavy atom. The third kappa shape index (κ3) is 3.38. The van der Waals surface area contributed by atoms with Crippen molar-refractivity contribution in [3.8, 4) is 17.1 Å². The molecule has 0 aliphatic heterocycles. The molecule has 5 heteroatoms. The first kappa shape index (κ1) is 15.2. The molecule has 2 aromatic carbocycles. The van der Waals surface area contributed by atoms with Gasteiger partial charge in [0.15, 0.2) is 5.76 Å². The Morgan fingerprint density at radius 1 is 1.13 bits per heavy atom. The first-order chi connectivity index (χ1) is 11.3. The van der Waals surface area contributed by atoms with Gasteiger partial charge in [0.2, 0.25) is 0 Å². The average Bonchev–Trinajstić information content (AvgIpc) is 3.04. The molecular weight excluding hydrogens is 308 g/mol. The van der Waals surface area contributed by atoms with E-state index in [9.17, 15) is 0 Å². The number of hydrogen-bond donors (Lipinski definition) is 0. The lowest BCUT2D eigenvalue weighted by Gasteiger charge is -2.06. The van der Waals surface area contributed by atoms with E-state index in [1.807, 2.05) is 60.9 Å². The van der Waals surface area contributed by atoms with E-state index in [1.54, 1.807) is 0 Å². The summed E-state index contributed by atoms with van der Waals surface area (Å²) in [6.07, 6.45) is 1.87. The van der Waals surface area contributed by atoms with Gasteiger partial charge in [-0.3, -0.25) is 0 Å². The highest BCUT2D eigenvalue weighted by Gasteiger charge is 2.17. The minimum absolute atomic E-state index is 0.454. The number of thioether (sulfide) groups is 1. The lowest BCUT2D eigenvalue weighted by molar-refractivity contribution is 0.306. The molecule has 0 fully saturated rings. The third-order valence-electron chi connectivity index (χ3n) is 3.31. The van der Waals surface area contributed by atoms with Crippen molar-refractivity contribution in [2.45, 2.75) is 11.6 Å². The molecule has 114 valence electrons. The fourth-order valence-corrected chi connectivity index (χ4v) is 2.58. The van der Waals surface area contributed by atoms with E-state index in [2.05, 4.69) is 10.0 Å². The third-order valence-corrected chi connectivity index (χ3v) is 3.96. The minimum Gasteiger partial charge on any atom is -0.489 e. The highest BCUT2D eigenvalue weighted by atomic mass is 32.2. The van der Waals surface area contributed by atoms with Gasteiger partial charge in [-0.1, -0.05) is 35.5 Å². The maximum Gasteiger partial charge on any atom is 0.266 e. The van der Waals surface area contributed by atoms with Gasteiger partial charge in [0.05, 0.1) is 6.57 Å². The molecule has 0 aliphatic carbocycles. The number of hydrogen-bond acceptors (Lipinski definition) is 4. The van der Waals surface area contributed by atoms with Crippen LogP contribution in [0.15, 0.2) is 64.1 Å². The van der Waals surface area contributed by atoms with Crippen LogP contribution in [0, 0.1) is 6.57 Å². The summed E-state index contributed by atoms with van der Waals surface area (Å²) in [4.78, 5) is 3.52. The van der Waals surface area contributed by atoms with Crippen LogP contribution in [-0.2, 0) is 6.61 Å². The molecular formula is C18H14N2O2S. The number of nitrogens with zero attached hydrogens (tertiary/aromatic N) is 2. The first-order valence-electron chi connectivity index (χ1n) is 7.00. The molecule has 0 N–H and O–H groups in total. The van der Waals surface area contributed by atoms with Gasteiger partial charge in [0.1, 0.15) is 17.4 Å². The van der Waals surface area contributed by atoms with Crippen LogP contribution in [0.1, 0.15) is 5.56 Å². The Labute approximate surface area is 138 Å². The highest BCUT2D eigenvalue weighted by Crippen LogP contribution is 2.38. The van der Waals surface area contributed by atoms with Gasteiger partial charge in [-0.2, -0.15) is 0 Å². The van der Waals surface area contributed by atoms with Crippen molar-refractivity contribution in [1.82, 2.24) is 5.16 Å². The van der Waals surface area contributed by atoms with Gasteiger partial charge in [-0.15, -0.1) is 11.8 Å². The summed E-state index contributed by atoms with van der Waals surface area (Å²) in [5.74, 6) is 1.27. The number of ether oxygens (including phenoxy) is 1. The lowest BCUT2D eigenvalue weighted by atomic mass is 10.1. The van der Waals surface area contributed by atoms with Crippen LogP contribution in [0.4, 0.5) is 5.69 Å². The molecule has 0 spiro atoms. The molecule has 1 aromatic heterocycles. The molecule has 0 radical (unpaired) electrons. The van der Waals surface area contributed by atoms with Gasteiger partial charge in [0, 0.05) is 5.56 Å². The van der Waals surface area contributed by atoms with Crippen molar-refractivity contribution in [1.29, 1.82) is 0 Å². The Balaban J connectivity index is 1.75. The predicted molar refractivity (Wildman–Crippen MR) is 90.8 cm³/mol. The molecule has 0 saturated heterocycles. The van der Waals surface area contributed by atoms with Crippen molar-refractivity contribution < 1.29 is 9.26 Å². The normalized spacial score (nSPS) is 10.3. The van der Waals surface area contributed by atoms with E-state index < -0.39 is 0 Å². The fraction of sp³-hybridized carbons (Fsp3) is 0.111. The van der Waals surface area contributed by atoms with Crippen LogP contribution in [0.2, 0.25) is 0 Å². The zero-order chi connectivity index (χ0) is 16.1. The Morgan fingerprint density at radius 2 is 1.87 bits per heavy atom. The molecule has 0 aliphatic rings. The van der Waals surface area contributed by atoms with Crippen LogP contribution < -0.4 is 4.74 Å². The van der Waals surface area contributed by atoms with E-state index in [-0.39, 0.29) is 0 Å². The van der Waals surface area contributed by atoms with Crippen LogP contribution >= 0.6 is 11.8 Å². The summed E-state index contributed by atoms with van der Waals surface area (Å²) in [5.41, 5.74) is 2.39. The number of rotatable bonds is 5. The average molecular weight is 322 g/mol. The zero-order valence-corrected chi connectivity index (χ0v) is 13.3. The monoisotopic (exact) mass is 322 g/mol. The topological polar surface area (TPSA) is 39.6 Å². The van der Waals surface area contributed by atoms with E-state index in [0.29, 0.717) is 23.1 Å². The molecule has 23 heavy (non-hydrogen) atoms. The molecule has 3 rings (SSSR count). The summed E-state index contributed by atoms with van der Waals surface area (Å²) >= 11 is 1.40. The molecule has 4 nitrogen and oxygen atoms in total. The van der Waals surface area contributed by atoms with Gasteiger partial charge < -0.3 is 9.26 Å². The van der Waals surface area contributed by atoms with Gasteiger partial charge in [-0.05, 0) is 36.1 Å². The Hall–Kier alpha value is -2.71. The summed E-state index contributed by atoms with van der Waals surface area (Å²) in [6.45, 7) is 7.81. The summed E-state index contributed by atoms with van der Waals surface area (Å²) in [6, 6.07) is 17.5. The molecule has 0 bridgehead atoms. The molecule has 0 atom stereocenters. The van der Waals surface area contributed by atoms with Crippen molar-refractivity contribution in [2.75, 3.05) is 6.26 Å². The van der Waals surface area contributed by atoms with Gasteiger partial charge in [-0.25, -0.2) is 4.85 Å². The number of aromatic nitrogens is 1. The minimum atomic E-state index is 0.454. The second kappa shape index (κ2) is 7.03. The summed E-state index contributed by atoms with van der Waals surface area (Å²) < 4.78 is 11.1. The maximum atomic E-state index is 7.29. The standard InChI is InChI=1S/C18H14N2O2S/c1-19-16-17(22-20-18(16)23-2)14-8-10-15(11-9-14)21-12-13-6-4-3-5-7-13/h3-11H,12H2,2H3. The van der Waals surface area contributed by atoms with Crippen LogP contribution in [0.5, 0.6) is 5.75 Å². The summed E-state index contributed by atoms with van der Waals surface area (Å²) in [7, 11) is 0. The van der Waals surface area contributed by atoms with E-state index in [0.717, 1.165) is 16.9 Å². The van der Waals surface area contributed by atoms with E-state index in [4.69, 9.17) is 15.8 Å². The van der Waals surface area contributed by atoms with Crippen LogP contribution in [0.3, 0.4) is 0 Å². The van der Waals surface area contributed by atoms with Crippen LogP contribution in [0.25, 0.3) is 16.2 Å². The smallest absolute Gasteiger partial charge is 0.266 e. The predicted octanol–water partition coefficient (Wildman–Crippen LogP) is 5.19. The van der Waals surface area contributed by atoms with Crippen molar-refractivity contribution in [2.24, 2.45) is 0 Å². The Kier molecular flexibility index (Phi) is 4.65. The summed E-state index contributed by atoms with van der Waals surface area (Å²) in [5, 5.41) is 4.53. The zero-order valence-electron chi connectivity index (χ0n) is 12.5. The molecule has 1 heterocycles. The maximum absolute atomic E-state index is 7.29. The molecule has 0 unspecified atom stereocenters. The largest absolute Gasteiger partial charge is 0.489 e. The second-order valence-electron chi connectivity index (χ2n) is 4.78.